The Balaban J connectivity index is 1.95. The minimum absolute atomic E-state index is 0.0529. The number of hydrogen-bond acceptors (Lipinski definition) is 4. The van der Waals surface area contributed by atoms with Gasteiger partial charge in [0.05, 0.1) is 11.4 Å². The standard InChI is InChI=1S/C15H18N2OS2/c1-10(2)16-14(18)9-20-15-17-13(8-19-15)12-6-4-11(3)5-7-12/h4-8,10H,9H2,1-3H3,(H,16,18). The molecule has 2 aromatic rings. The molecule has 0 fully saturated rings. The van der Waals surface area contributed by atoms with Crippen LogP contribution in [0.4, 0.5) is 0 Å². The van der Waals surface area contributed by atoms with Crippen molar-refractivity contribution in [1.29, 1.82) is 0 Å². The molecule has 0 unspecified atom stereocenters. The number of hydrogen-bond donors (Lipinski definition) is 1. The second-order valence-corrected chi connectivity index (χ2v) is 6.96. The van der Waals surface area contributed by atoms with Gasteiger partial charge in [-0.1, -0.05) is 41.6 Å². The van der Waals surface area contributed by atoms with Gasteiger partial charge in [-0.15, -0.1) is 11.3 Å². The highest BCUT2D eigenvalue weighted by atomic mass is 32.2. The van der Waals surface area contributed by atoms with E-state index in [1.54, 1.807) is 11.3 Å². The third kappa shape index (κ3) is 4.35. The van der Waals surface area contributed by atoms with Gasteiger partial charge >= 0.3 is 0 Å². The summed E-state index contributed by atoms with van der Waals surface area (Å²) in [5.41, 5.74) is 3.33. The molecule has 5 heteroatoms. The first kappa shape index (κ1) is 15.1. The van der Waals surface area contributed by atoms with Crippen molar-refractivity contribution >= 4 is 29.0 Å². The molecule has 20 heavy (non-hydrogen) atoms. The van der Waals surface area contributed by atoms with E-state index in [1.165, 1.54) is 17.3 Å². The van der Waals surface area contributed by atoms with E-state index in [0.29, 0.717) is 5.75 Å². The van der Waals surface area contributed by atoms with Crippen LogP contribution in [0, 0.1) is 6.92 Å². The van der Waals surface area contributed by atoms with Gasteiger partial charge in [0.2, 0.25) is 5.91 Å². The van der Waals surface area contributed by atoms with E-state index in [4.69, 9.17) is 0 Å². The number of nitrogens with one attached hydrogen (secondary N) is 1. The van der Waals surface area contributed by atoms with Crippen LogP contribution in [0.5, 0.6) is 0 Å². The van der Waals surface area contributed by atoms with Crippen LogP contribution in [0.3, 0.4) is 0 Å². The fourth-order valence-electron chi connectivity index (χ4n) is 1.67. The molecule has 0 radical (unpaired) electrons. The largest absolute Gasteiger partial charge is 0.353 e. The number of carbonyl (C=O) groups is 1. The maximum absolute atomic E-state index is 11.6. The molecule has 1 N–H and O–H groups in total. The van der Waals surface area contributed by atoms with Gasteiger partial charge < -0.3 is 5.32 Å². The molecule has 0 aliphatic heterocycles. The molecule has 106 valence electrons. The predicted octanol–water partition coefficient (Wildman–Crippen LogP) is 3.74. The normalized spacial score (nSPS) is 10.8. The van der Waals surface area contributed by atoms with Gasteiger partial charge in [-0.25, -0.2) is 4.98 Å². The molecule has 0 aliphatic carbocycles. The highest BCUT2D eigenvalue weighted by Gasteiger charge is 2.08. The third-order valence-electron chi connectivity index (χ3n) is 2.61. The molecule has 0 bridgehead atoms. The Morgan fingerprint density at radius 3 is 2.70 bits per heavy atom. The summed E-state index contributed by atoms with van der Waals surface area (Å²) in [6.07, 6.45) is 0. The number of aromatic nitrogens is 1. The zero-order valence-electron chi connectivity index (χ0n) is 11.8. The van der Waals surface area contributed by atoms with Crippen molar-refractivity contribution in [3.05, 3.63) is 35.2 Å². The Morgan fingerprint density at radius 1 is 1.35 bits per heavy atom. The maximum Gasteiger partial charge on any atom is 0.230 e. The lowest BCUT2D eigenvalue weighted by Crippen LogP contribution is -2.31. The van der Waals surface area contributed by atoms with E-state index in [2.05, 4.69) is 41.5 Å². The second kappa shape index (κ2) is 6.90. The van der Waals surface area contributed by atoms with Gasteiger partial charge in [-0.05, 0) is 20.8 Å². The lowest BCUT2D eigenvalue weighted by Gasteiger charge is -2.06. The maximum atomic E-state index is 11.6. The first-order valence-corrected chi connectivity index (χ1v) is 8.36. The zero-order valence-corrected chi connectivity index (χ0v) is 13.5. The summed E-state index contributed by atoms with van der Waals surface area (Å²) in [5.74, 6) is 0.469. The minimum atomic E-state index is 0.0529. The fourth-order valence-corrected chi connectivity index (χ4v) is 3.32. The molecule has 1 aromatic carbocycles. The van der Waals surface area contributed by atoms with Crippen molar-refractivity contribution in [2.24, 2.45) is 0 Å². The Labute approximate surface area is 127 Å². The van der Waals surface area contributed by atoms with Crippen molar-refractivity contribution < 1.29 is 4.79 Å². The van der Waals surface area contributed by atoms with Gasteiger partial charge in [0.15, 0.2) is 4.34 Å². The van der Waals surface area contributed by atoms with E-state index in [0.717, 1.165) is 15.6 Å². The molecule has 0 saturated heterocycles. The fraction of sp³-hybridized carbons (Fsp3) is 0.333. The van der Waals surface area contributed by atoms with Crippen molar-refractivity contribution in [2.45, 2.75) is 31.2 Å². The molecular weight excluding hydrogens is 288 g/mol. The van der Waals surface area contributed by atoms with Crippen LogP contribution >= 0.6 is 23.1 Å². The Hall–Kier alpha value is -1.33. The van der Waals surface area contributed by atoms with E-state index >= 15 is 0 Å². The van der Waals surface area contributed by atoms with Gasteiger partial charge in [-0.2, -0.15) is 0 Å². The molecule has 1 amide bonds. The summed E-state index contributed by atoms with van der Waals surface area (Å²) in [6.45, 7) is 5.99. The van der Waals surface area contributed by atoms with Crippen LogP contribution in [0.2, 0.25) is 0 Å². The smallest absolute Gasteiger partial charge is 0.230 e. The summed E-state index contributed by atoms with van der Waals surface area (Å²) >= 11 is 3.07. The predicted molar refractivity (Wildman–Crippen MR) is 86.3 cm³/mol. The molecule has 0 spiro atoms. The number of thioether (sulfide) groups is 1. The minimum Gasteiger partial charge on any atom is -0.353 e. The van der Waals surface area contributed by atoms with Crippen molar-refractivity contribution in [1.82, 2.24) is 10.3 Å². The Morgan fingerprint density at radius 2 is 2.05 bits per heavy atom. The van der Waals surface area contributed by atoms with Crippen molar-refractivity contribution in [3.8, 4) is 11.3 Å². The number of rotatable bonds is 5. The van der Waals surface area contributed by atoms with Crippen LogP contribution in [0.15, 0.2) is 34.0 Å². The summed E-state index contributed by atoms with van der Waals surface area (Å²) in [4.78, 5) is 16.1. The molecule has 0 saturated carbocycles. The van der Waals surface area contributed by atoms with Crippen molar-refractivity contribution in [2.75, 3.05) is 5.75 Å². The Bertz CT molecular complexity index is 576. The zero-order chi connectivity index (χ0) is 14.5. The third-order valence-corrected chi connectivity index (χ3v) is 4.63. The highest BCUT2D eigenvalue weighted by Crippen LogP contribution is 2.28. The SMILES string of the molecule is Cc1ccc(-c2csc(SCC(=O)NC(C)C)n2)cc1. The van der Waals surface area contributed by atoms with Crippen LogP contribution in [-0.4, -0.2) is 22.7 Å². The average molecular weight is 306 g/mol. The highest BCUT2D eigenvalue weighted by molar-refractivity contribution is 8.01. The van der Waals surface area contributed by atoms with E-state index in [-0.39, 0.29) is 11.9 Å². The van der Waals surface area contributed by atoms with E-state index in [1.807, 2.05) is 19.2 Å². The molecule has 2 rings (SSSR count). The number of carbonyl (C=O) groups excluding carboxylic acids is 1. The second-order valence-electron chi connectivity index (χ2n) is 4.88. The quantitative estimate of drug-likeness (QED) is 0.856. The van der Waals surface area contributed by atoms with Gasteiger partial charge in [-0.3, -0.25) is 4.79 Å². The molecule has 1 heterocycles. The van der Waals surface area contributed by atoms with Crippen LogP contribution in [-0.2, 0) is 4.79 Å². The number of nitrogens with zero attached hydrogens (tertiary/aromatic N) is 1. The lowest BCUT2D eigenvalue weighted by molar-refractivity contribution is -0.119. The molecule has 0 atom stereocenters. The van der Waals surface area contributed by atoms with Gasteiger partial charge in [0, 0.05) is 17.0 Å². The number of thiazole rings is 1. The summed E-state index contributed by atoms with van der Waals surface area (Å²) in [6, 6.07) is 8.49. The summed E-state index contributed by atoms with van der Waals surface area (Å²) < 4.78 is 0.930. The number of amides is 1. The van der Waals surface area contributed by atoms with Gasteiger partial charge in [0.1, 0.15) is 0 Å². The molecular formula is C15H18N2OS2. The number of benzene rings is 1. The monoisotopic (exact) mass is 306 g/mol. The lowest BCUT2D eigenvalue weighted by atomic mass is 10.1. The number of aryl methyl sites for hydroxylation is 1. The topological polar surface area (TPSA) is 42.0 Å². The Kier molecular flexibility index (Phi) is 5.20. The van der Waals surface area contributed by atoms with Gasteiger partial charge in [0.25, 0.3) is 0 Å². The first-order chi connectivity index (χ1) is 9.54. The van der Waals surface area contributed by atoms with Crippen LogP contribution < -0.4 is 5.32 Å². The van der Waals surface area contributed by atoms with E-state index < -0.39 is 0 Å². The first-order valence-electron chi connectivity index (χ1n) is 6.49. The molecule has 1 aromatic heterocycles. The van der Waals surface area contributed by atoms with Crippen LogP contribution in [0.25, 0.3) is 11.3 Å². The average Bonchev–Trinajstić information content (AvgIpc) is 2.85. The van der Waals surface area contributed by atoms with E-state index in [9.17, 15) is 4.79 Å². The van der Waals surface area contributed by atoms with Crippen molar-refractivity contribution in [3.63, 3.8) is 0 Å². The molecule has 0 aliphatic rings. The summed E-state index contributed by atoms with van der Waals surface area (Å²) in [5, 5.41) is 4.91. The molecule has 3 nitrogen and oxygen atoms in total. The van der Waals surface area contributed by atoms with Crippen LogP contribution in [0.1, 0.15) is 19.4 Å². The summed E-state index contributed by atoms with van der Waals surface area (Å²) in [7, 11) is 0.